The fourth-order valence-corrected chi connectivity index (χ4v) is 4.18. The number of anilines is 1. The minimum absolute atomic E-state index is 0.189. The lowest BCUT2D eigenvalue weighted by Gasteiger charge is -2.25. The fraction of sp³-hybridized carbons (Fsp3) is 0.350. The van der Waals surface area contributed by atoms with Crippen molar-refractivity contribution in [2.45, 2.75) is 33.2 Å². The van der Waals surface area contributed by atoms with Gasteiger partial charge in [-0.3, -0.25) is 9.10 Å². The maximum absolute atomic E-state index is 12.6. The van der Waals surface area contributed by atoms with Crippen LogP contribution >= 0.6 is 11.6 Å². The molecule has 1 unspecified atom stereocenters. The van der Waals surface area contributed by atoms with Gasteiger partial charge in [-0.25, -0.2) is 8.42 Å². The van der Waals surface area contributed by atoms with Gasteiger partial charge in [0.25, 0.3) is 0 Å². The van der Waals surface area contributed by atoms with Crippen LogP contribution in [0.3, 0.4) is 0 Å². The number of para-hydroxylation sites is 1. The minimum Gasteiger partial charge on any atom is -0.348 e. The summed E-state index contributed by atoms with van der Waals surface area (Å²) in [6.07, 6.45) is 1.76. The number of benzene rings is 2. The summed E-state index contributed by atoms with van der Waals surface area (Å²) in [5, 5.41) is 3.22. The van der Waals surface area contributed by atoms with Crippen molar-refractivity contribution in [1.29, 1.82) is 0 Å². The Morgan fingerprint density at radius 2 is 1.85 bits per heavy atom. The van der Waals surface area contributed by atoms with Crippen LogP contribution in [0.25, 0.3) is 0 Å². The summed E-state index contributed by atoms with van der Waals surface area (Å²) in [6, 6.07) is 12.4. The molecule has 0 heterocycles. The van der Waals surface area contributed by atoms with Gasteiger partial charge in [-0.15, -0.1) is 0 Å². The number of halogens is 1. The van der Waals surface area contributed by atoms with Crippen LogP contribution in [-0.4, -0.2) is 27.1 Å². The van der Waals surface area contributed by atoms with E-state index >= 15 is 0 Å². The third kappa shape index (κ3) is 5.47. The molecule has 0 fully saturated rings. The summed E-state index contributed by atoms with van der Waals surface area (Å²) in [5.41, 5.74) is 3.56. The molecule has 0 saturated carbocycles. The Labute approximate surface area is 166 Å². The van der Waals surface area contributed by atoms with E-state index in [0.717, 1.165) is 27.3 Å². The third-order valence-corrected chi connectivity index (χ3v) is 5.80. The van der Waals surface area contributed by atoms with Crippen molar-refractivity contribution in [3.05, 3.63) is 64.2 Å². The van der Waals surface area contributed by atoms with Gasteiger partial charge in [0, 0.05) is 0 Å². The Hall–Kier alpha value is -2.05. The van der Waals surface area contributed by atoms with Crippen LogP contribution in [0.5, 0.6) is 0 Å². The molecule has 146 valence electrons. The van der Waals surface area contributed by atoms with E-state index in [9.17, 15) is 13.2 Å². The van der Waals surface area contributed by atoms with E-state index in [-0.39, 0.29) is 29.2 Å². The Bertz CT molecular complexity index is 929. The summed E-state index contributed by atoms with van der Waals surface area (Å²) in [5.74, 6) is -0.382. The minimum atomic E-state index is -3.67. The molecule has 0 aromatic heterocycles. The van der Waals surface area contributed by atoms with Gasteiger partial charge in [0.1, 0.15) is 6.54 Å². The molecule has 27 heavy (non-hydrogen) atoms. The van der Waals surface area contributed by atoms with Gasteiger partial charge in [0.15, 0.2) is 0 Å². The molecule has 1 atom stereocenters. The zero-order chi connectivity index (χ0) is 20.2. The number of rotatable bonds is 7. The van der Waals surface area contributed by atoms with Crippen molar-refractivity contribution in [3.63, 3.8) is 0 Å². The number of hydrogen-bond acceptors (Lipinski definition) is 3. The maximum atomic E-state index is 12.6. The van der Waals surface area contributed by atoms with Crippen LogP contribution in [-0.2, 0) is 14.8 Å². The number of carbonyl (C=O) groups excluding carboxylic acids is 1. The van der Waals surface area contributed by atoms with Gasteiger partial charge >= 0.3 is 0 Å². The summed E-state index contributed by atoms with van der Waals surface area (Å²) < 4.78 is 25.5. The normalized spacial score (nSPS) is 12.5. The molecule has 7 heteroatoms. The van der Waals surface area contributed by atoms with Crippen molar-refractivity contribution < 1.29 is 13.2 Å². The van der Waals surface area contributed by atoms with E-state index in [1.165, 1.54) is 0 Å². The molecule has 2 aromatic rings. The third-order valence-electron chi connectivity index (χ3n) is 4.35. The molecule has 0 radical (unpaired) electrons. The van der Waals surface area contributed by atoms with Crippen molar-refractivity contribution in [3.8, 4) is 0 Å². The summed E-state index contributed by atoms with van der Waals surface area (Å²) >= 11 is 6.14. The highest BCUT2D eigenvalue weighted by Gasteiger charge is 2.24. The highest BCUT2D eigenvalue weighted by molar-refractivity contribution is 7.92. The van der Waals surface area contributed by atoms with Crippen LogP contribution < -0.4 is 9.62 Å². The number of nitrogens with one attached hydrogen (secondary N) is 1. The summed E-state index contributed by atoms with van der Waals surface area (Å²) in [7, 11) is -3.67. The first kappa shape index (κ1) is 21.3. The quantitative estimate of drug-likeness (QED) is 0.753. The molecule has 5 nitrogen and oxygen atoms in total. The zero-order valence-electron chi connectivity index (χ0n) is 16.0. The number of nitrogens with zero attached hydrogens (tertiary/aromatic N) is 1. The van der Waals surface area contributed by atoms with Gasteiger partial charge in [-0.1, -0.05) is 54.4 Å². The number of carbonyl (C=O) groups is 1. The molecular weight excluding hydrogens is 384 g/mol. The lowest BCUT2D eigenvalue weighted by atomic mass is 9.97. The number of aryl methyl sites for hydroxylation is 2. The molecule has 2 rings (SSSR count). The topological polar surface area (TPSA) is 66.5 Å². The average Bonchev–Trinajstić information content (AvgIpc) is 2.58. The van der Waals surface area contributed by atoms with Crippen LogP contribution in [0.15, 0.2) is 42.5 Å². The molecule has 0 spiro atoms. The molecular formula is C20H25ClN2O3S. The zero-order valence-corrected chi connectivity index (χ0v) is 17.6. The first-order valence-corrected chi connectivity index (χ1v) is 10.9. The molecule has 0 bridgehead atoms. The van der Waals surface area contributed by atoms with Crippen molar-refractivity contribution >= 4 is 33.2 Å². The monoisotopic (exact) mass is 408 g/mol. The van der Waals surface area contributed by atoms with Crippen LogP contribution in [0.1, 0.15) is 36.1 Å². The van der Waals surface area contributed by atoms with E-state index in [1.807, 2.05) is 32.9 Å². The number of hydrogen-bond donors (Lipinski definition) is 1. The molecule has 0 aliphatic carbocycles. The van der Waals surface area contributed by atoms with Crippen molar-refractivity contribution in [2.24, 2.45) is 0 Å². The molecule has 0 aliphatic heterocycles. The number of sulfonamides is 1. The van der Waals surface area contributed by atoms with Gasteiger partial charge in [0.2, 0.25) is 15.9 Å². The Balaban J connectivity index is 2.23. The molecule has 1 amide bonds. The Kier molecular flexibility index (Phi) is 6.89. The molecule has 0 aliphatic rings. The second-order valence-electron chi connectivity index (χ2n) is 6.61. The SMILES string of the molecule is CCC(NC(=O)CN(c1ccccc1Cl)S(C)(=O)=O)c1ccc(C)cc1C. The number of amides is 1. The standard InChI is InChI=1S/C20H25ClN2O3S/c1-5-18(16-11-10-14(2)12-15(16)3)22-20(24)13-23(27(4,25)26)19-9-7-6-8-17(19)21/h6-12,18H,5,13H2,1-4H3,(H,22,24). The van der Waals surface area contributed by atoms with E-state index in [0.29, 0.717) is 6.42 Å². The first-order chi connectivity index (χ1) is 12.6. The second-order valence-corrected chi connectivity index (χ2v) is 8.92. The van der Waals surface area contributed by atoms with Gasteiger partial charge in [-0.2, -0.15) is 0 Å². The predicted molar refractivity (Wildman–Crippen MR) is 111 cm³/mol. The highest BCUT2D eigenvalue weighted by Crippen LogP contribution is 2.27. The van der Waals surface area contributed by atoms with Crippen molar-refractivity contribution in [2.75, 3.05) is 17.1 Å². The van der Waals surface area contributed by atoms with Crippen LogP contribution in [0.2, 0.25) is 5.02 Å². The lowest BCUT2D eigenvalue weighted by Crippen LogP contribution is -2.41. The van der Waals surface area contributed by atoms with Crippen molar-refractivity contribution in [1.82, 2.24) is 5.32 Å². The Morgan fingerprint density at radius 3 is 2.41 bits per heavy atom. The lowest BCUT2D eigenvalue weighted by molar-refractivity contribution is -0.120. The maximum Gasteiger partial charge on any atom is 0.241 e. The second kappa shape index (κ2) is 8.76. The highest BCUT2D eigenvalue weighted by atomic mass is 35.5. The fourth-order valence-electron chi connectivity index (χ4n) is 3.02. The molecule has 1 N–H and O–H groups in total. The predicted octanol–water partition coefficient (Wildman–Crippen LogP) is 3.99. The summed E-state index contributed by atoms with van der Waals surface area (Å²) in [4.78, 5) is 12.6. The Morgan fingerprint density at radius 1 is 1.19 bits per heavy atom. The van der Waals surface area contributed by atoms with Gasteiger partial charge < -0.3 is 5.32 Å². The summed E-state index contributed by atoms with van der Waals surface area (Å²) in [6.45, 7) is 5.67. The molecule has 2 aromatic carbocycles. The van der Waals surface area contributed by atoms with Gasteiger partial charge in [0.05, 0.1) is 23.0 Å². The molecule has 0 saturated heterocycles. The smallest absolute Gasteiger partial charge is 0.241 e. The van der Waals surface area contributed by atoms with E-state index in [4.69, 9.17) is 11.6 Å². The van der Waals surface area contributed by atoms with Crippen LogP contribution in [0, 0.1) is 13.8 Å². The average molecular weight is 409 g/mol. The van der Waals surface area contributed by atoms with E-state index in [1.54, 1.807) is 24.3 Å². The van der Waals surface area contributed by atoms with Gasteiger partial charge in [-0.05, 0) is 43.5 Å². The largest absolute Gasteiger partial charge is 0.348 e. The first-order valence-electron chi connectivity index (χ1n) is 8.72. The van der Waals surface area contributed by atoms with Crippen LogP contribution in [0.4, 0.5) is 5.69 Å². The van der Waals surface area contributed by atoms with E-state index in [2.05, 4.69) is 11.4 Å². The van der Waals surface area contributed by atoms with E-state index < -0.39 is 10.0 Å².